The zero-order chi connectivity index (χ0) is 12.4. The first-order valence-corrected chi connectivity index (χ1v) is 6.86. The van der Waals surface area contributed by atoms with Gasteiger partial charge >= 0.3 is 5.97 Å². The van der Waals surface area contributed by atoms with Crippen LogP contribution in [-0.2, 0) is 4.79 Å². The summed E-state index contributed by atoms with van der Waals surface area (Å²) in [4.78, 5) is 16.0. The molecule has 0 amide bonds. The highest BCUT2D eigenvalue weighted by molar-refractivity contribution is 5.73. The number of nitrogens with zero attached hydrogens (tertiary/aromatic N) is 2. The molecule has 0 aromatic carbocycles. The van der Waals surface area contributed by atoms with E-state index in [2.05, 4.69) is 16.7 Å². The molecule has 0 aromatic heterocycles. The molecular weight excluding hydrogens is 216 g/mol. The summed E-state index contributed by atoms with van der Waals surface area (Å²) < 4.78 is 0. The molecule has 2 aliphatic rings. The predicted molar refractivity (Wildman–Crippen MR) is 67.1 cm³/mol. The SMILES string of the molecule is CCC(C(=O)O)N1CC2CCCCN2CC1C. The van der Waals surface area contributed by atoms with Crippen LogP contribution in [0.2, 0.25) is 0 Å². The summed E-state index contributed by atoms with van der Waals surface area (Å²) in [6.07, 6.45) is 4.54. The van der Waals surface area contributed by atoms with Crippen LogP contribution in [-0.4, -0.2) is 58.6 Å². The van der Waals surface area contributed by atoms with Crippen molar-refractivity contribution in [1.29, 1.82) is 0 Å². The third-order valence-corrected chi connectivity index (χ3v) is 4.31. The van der Waals surface area contributed by atoms with E-state index in [1.54, 1.807) is 0 Å². The van der Waals surface area contributed by atoms with Crippen molar-refractivity contribution >= 4 is 5.97 Å². The van der Waals surface area contributed by atoms with Crippen molar-refractivity contribution in [2.45, 2.75) is 57.7 Å². The van der Waals surface area contributed by atoms with E-state index < -0.39 is 5.97 Å². The standard InChI is InChI=1S/C13H24N2O2/c1-3-12(13(16)17)15-9-11-6-4-5-7-14(11)8-10(15)2/h10-12H,3-9H2,1-2H3,(H,16,17). The van der Waals surface area contributed by atoms with E-state index in [4.69, 9.17) is 0 Å². The van der Waals surface area contributed by atoms with E-state index >= 15 is 0 Å². The molecule has 0 radical (unpaired) electrons. The molecule has 17 heavy (non-hydrogen) atoms. The number of fused-ring (bicyclic) bond motifs is 1. The number of piperazine rings is 1. The maximum Gasteiger partial charge on any atom is 0.320 e. The molecule has 0 spiro atoms. The number of piperidine rings is 1. The third kappa shape index (κ3) is 2.63. The lowest BCUT2D eigenvalue weighted by molar-refractivity contribution is -0.146. The molecule has 4 heteroatoms. The van der Waals surface area contributed by atoms with E-state index in [-0.39, 0.29) is 6.04 Å². The first-order chi connectivity index (χ1) is 8.13. The molecule has 2 aliphatic heterocycles. The molecule has 0 aliphatic carbocycles. The van der Waals surface area contributed by atoms with Crippen LogP contribution < -0.4 is 0 Å². The molecule has 0 aromatic rings. The predicted octanol–water partition coefficient (Wildman–Crippen LogP) is 1.41. The van der Waals surface area contributed by atoms with Crippen LogP contribution in [0.3, 0.4) is 0 Å². The Bertz CT molecular complexity index is 283. The van der Waals surface area contributed by atoms with Gasteiger partial charge in [0.2, 0.25) is 0 Å². The largest absolute Gasteiger partial charge is 0.480 e. The first kappa shape index (κ1) is 12.8. The van der Waals surface area contributed by atoms with Gasteiger partial charge in [0, 0.05) is 25.2 Å². The Hall–Kier alpha value is -0.610. The molecule has 2 saturated heterocycles. The molecule has 0 bridgehead atoms. The van der Waals surface area contributed by atoms with Crippen LogP contribution in [0.15, 0.2) is 0 Å². The van der Waals surface area contributed by atoms with Gasteiger partial charge in [0.1, 0.15) is 6.04 Å². The van der Waals surface area contributed by atoms with Crippen LogP contribution in [0.4, 0.5) is 0 Å². The zero-order valence-electron chi connectivity index (χ0n) is 10.9. The van der Waals surface area contributed by atoms with Gasteiger partial charge < -0.3 is 5.11 Å². The molecule has 3 atom stereocenters. The van der Waals surface area contributed by atoms with E-state index in [1.165, 1.54) is 25.8 Å². The minimum Gasteiger partial charge on any atom is -0.480 e. The Kier molecular flexibility index (Phi) is 4.05. The zero-order valence-corrected chi connectivity index (χ0v) is 10.9. The number of hydrogen-bond donors (Lipinski definition) is 1. The summed E-state index contributed by atoms with van der Waals surface area (Å²) in [6, 6.07) is 0.660. The summed E-state index contributed by atoms with van der Waals surface area (Å²) in [5.41, 5.74) is 0. The van der Waals surface area contributed by atoms with Crippen LogP contribution in [0.5, 0.6) is 0 Å². The molecule has 2 fully saturated rings. The van der Waals surface area contributed by atoms with Crippen LogP contribution in [0, 0.1) is 0 Å². The van der Waals surface area contributed by atoms with Crippen molar-refractivity contribution in [3.63, 3.8) is 0 Å². The van der Waals surface area contributed by atoms with Crippen molar-refractivity contribution in [3.8, 4) is 0 Å². The van der Waals surface area contributed by atoms with E-state index in [1.807, 2.05) is 6.92 Å². The minimum atomic E-state index is -0.663. The number of rotatable bonds is 3. The number of carboxylic acids is 1. The summed E-state index contributed by atoms with van der Waals surface area (Å²) in [5.74, 6) is -0.663. The molecule has 4 nitrogen and oxygen atoms in total. The summed E-state index contributed by atoms with van der Waals surface area (Å²) in [5, 5.41) is 9.28. The first-order valence-electron chi connectivity index (χ1n) is 6.86. The lowest BCUT2D eigenvalue weighted by atomic mass is 9.95. The monoisotopic (exact) mass is 240 g/mol. The Labute approximate surface area is 104 Å². The summed E-state index contributed by atoms with van der Waals surface area (Å²) in [6.45, 7) is 7.31. The van der Waals surface area contributed by atoms with Crippen LogP contribution >= 0.6 is 0 Å². The van der Waals surface area contributed by atoms with Crippen molar-refractivity contribution < 1.29 is 9.90 Å². The van der Waals surface area contributed by atoms with Crippen LogP contribution in [0.1, 0.15) is 39.5 Å². The highest BCUT2D eigenvalue weighted by atomic mass is 16.4. The average Bonchev–Trinajstić information content (AvgIpc) is 2.30. The highest BCUT2D eigenvalue weighted by Crippen LogP contribution is 2.26. The molecule has 98 valence electrons. The minimum absolute atomic E-state index is 0.297. The number of carbonyl (C=O) groups is 1. The van der Waals surface area contributed by atoms with Gasteiger partial charge in [-0.1, -0.05) is 13.3 Å². The van der Waals surface area contributed by atoms with Crippen molar-refractivity contribution in [2.24, 2.45) is 0 Å². The molecule has 0 saturated carbocycles. The van der Waals surface area contributed by atoms with Crippen molar-refractivity contribution in [1.82, 2.24) is 9.80 Å². The summed E-state index contributed by atoms with van der Waals surface area (Å²) >= 11 is 0. The molecule has 2 rings (SSSR count). The van der Waals surface area contributed by atoms with Gasteiger partial charge in [0.25, 0.3) is 0 Å². The fourth-order valence-corrected chi connectivity index (χ4v) is 3.36. The van der Waals surface area contributed by atoms with Gasteiger partial charge in [0.05, 0.1) is 0 Å². The smallest absolute Gasteiger partial charge is 0.320 e. The van der Waals surface area contributed by atoms with Crippen molar-refractivity contribution in [3.05, 3.63) is 0 Å². The topological polar surface area (TPSA) is 43.8 Å². The van der Waals surface area contributed by atoms with Crippen molar-refractivity contribution in [2.75, 3.05) is 19.6 Å². The third-order valence-electron chi connectivity index (χ3n) is 4.31. The second-order valence-electron chi connectivity index (χ2n) is 5.45. The average molecular weight is 240 g/mol. The van der Waals surface area contributed by atoms with E-state index in [0.717, 1.165) is 13.1 Å². The molecule has 1 N–H and O–H groups in total. The second-order valence-corrected chi connectivity index (χ2v) is 5.45. The lowest BCUT2D eigenvalue weighted by Gasteiger charge is -2.49. The van der Waals surface area contributed by atoms with Gasteiger partial charge in [0.15, 0.2) is 0 Å². The van der Waals surface area contributed by atoms with E-state index in [0.29, 0.717) is 18.5 Å². The quantitative estimate of drug-likeness (QED) is 0.810. The molecule has 2 heterocycles. The van der Waals surface area contributed by atoms with Crippen LogP contribution in [0.25, 0.3) is 0 Å². The maximum absolute atomic E-state index is 11.3. The van der Waals surface area contributed by atoms with E-state index in [9.17, 15) is 9.90 Å². The maximum atomic E-state index is 11.3. The Morgan fingerprint density at radius 3 is 2.82 bits per heavy atom. The number of carboxylic acid groups (broad SMARTS) is 1. The lowest BCUT2D eigenvalue weighted by Crippen LogP contribution is -2.62. The normalized spacial score (nSPS) is 33.1. The van der Waals surface area contributed by atoms with Gasteiger partial charge in [-0.25, -0.2) is 0 Å². The molecular formula is C13H24N2O2. The van der Waals surface area contributed by atoms with Gasteiger partial charge in [-0.15, -0.1) is 0 Å². The second kappa shape index (κ2) is 5.36. The Morgan fingerprint density at radius 1 is 1.41 bits per heavy atom. The fraction of sp³-hybridized carbons (Fsp3) is 0.923. The number of aliphatic carboxylic acids is 1. The fourth-order valence-electron chi connectivity index (χ4n) is 3.36. The van der Waals surface area contributed by atoms with Gasteiger partial charge in [-0.05, 0) is 32.7 Å². The molecule has 3 unspecified atom stereocenters. The Balaban J connectivity index is 2.05. The summed E-state index contributed by atoms with van der Waals surface area (Å²) in [7, 11) is 0. The van der Waals surface area contributed by atoms with Gasteiger partial charge in [-0.3, -0.25) is 14.6 Å². The highest BCUT2D eigenvalue weighted by Gasteiger charge is 2.37. The Morgan fingerprint density at radius 2 is 2.18 bits per heavy atom. The number of hydrogen-bond acceptors (Lipinski definition) is 3. The van der Waals surface area contributed by atoms with Gasteiger partial charge in [-0.2, -0.15) is 0 Å².